The second-order valence-electron chi connectivity index (χ2n) is 6.70. The fourth-order valence-electron chi connectivity index (χ4n) is 1.94. The molecule has 0 aromatic heterocycles. The van der Waals surface area contributed by atoms with Crippen LogP contribution in [0.3, 0.4) is 0 Å². The molecule has 1 aromatic carbocycles. The van der Waals surface area contributed by atoms with Crippen LogP contribution in [-0.2, 0) is 11.3 Å². The van der Waals surface area contributed by atoms with Gasteiger partial charge in [-0.3, -0.25) is 10.1 Å². The maximum absolute atomic E-state index is 12.1. The predicted octanol–water partition coefficient (Wildman–Crippen LogP) is 4.22. The summed E-state index contributed by atoms with van der Waals surface area (Å²) in [5.74, 6) is 0. The van der Waals surface area contributed by atoms with Crippen LogP contribution in [0.1, 0.15) is 39.2 Å². The van der Waals surface area contributed by atoms with Crippen LogP contribution in [-0.4, -0.2) is 33.8 Å². The van der Waals surface area contributed by atoms with Crippen molar-refractivity contribution in [2.75, 3.05) is 7.05 Å². The molecule has 0 bridgehead atoms. The zero-order valence-corrected chi connectivity index (χ0v) is 14.7. The molecule has 0 radical (unpaired) electrons. The number of hydrogen-bond acceptors (Lipinski definition) is 5. The summed E-state index contributed by atoms with van der Waals surface area (Å²) in [5, 5.41) is 11.6. The summed E-state index contributed by atoms with van der Waals surface area (Å²) >= 11 is 1.72. The SMILES string of the molecule is CN(Cc1cc([N+](=O)[O-])ccc1SC1CC1)C(=O)OC(C)(C)C. The summed E-state index contributed by atoms with van der Waals surface area (Å²) in [7, 11) is 1.64. The second kappa shape index (κ2) is 6.78. The minimum absolute atomic E-state index is 0.0396. The summed E-state index contributed by atoms with van der Waals surface area (Å²) in [4.78, 5) is 25.1. The monoisotopic (exact) mass is 338 g/mol. The largest absolute Gasteiger partial charge is 0.444 e. The Kier molecular flexibility index (Phi) is 5.19. The van der Waals surface area contributed by atoms with Gasteiger partial charge in [-0.1, -0.05) is 0 Å². The maximum atomic E-state index is 12.1. The number of amides is 1. The lowest BCUT2D eigenvalue weighted by atomic mass is 10.2. The Balaban J connectivity index is 2.16. The molecular weight excluding hydrogens is 316 g/mol. The van der Waals surface area contributed by atoms with E-state index in [9.17, 15) is 14.9 Å². The van der Waals surface area contributed by atoms with E-state index >= 15 is 0 Å². The van der Waals surface area contributed by atoms with E-state index < -0.39 is 16.6 Å². The van der Waals surface area contributed by atoms with Gasteiger partial charge in [0.2, 0.25) is 0 Å². The topological polar surface area (TPSA) is 72.7 Å². The maximum Gasteiger partial charge on any atom is 0.410 e. The van der Waals surface area contributed by atoms with Crippen LogP contribution in [0.15, 0.2) is 23.1 Å². The number of carbonyl (C=O) groups excluding carboxylic acids is 1. The Morgan fingerprint density at radius 1 is 1.43 bits per heavy atom. The van der Waals surface area contributed by atoms with Crippen LogP contribution in [0.5, 0.6) is 0 Å². The molecule has 23 heavy (non-hydrogen) atoms. The third-order valence-electron chi connectivity index (χ3n) is 3.19. The molecule has 1 saturated carbocycles. The van der Waals surface area contributed by atoms with Gasteiger partial charge < -0.3 is 9.64 Å². The minimum atomic E-state index is -0.570. The highest BCUT2D eigenvalue weighted by Gasteiger charge is 2.26. The number of nitro benzene ring substituents is 1. The zero-order valence-electron chi connectivity index (χ0n) is 13.9. The molecule has 126 valence electrons. The molecule has 0 aliphatic heterocycles. The van der Waals surface area contributed by atoms with Gasteiger partial charge in [0.15, 0.2) is 0 Å². The van der Waals surface area contributed by atoms with E-state index in [0.717, 1.165) is 10.5 Å². The fourth-order valence-corrected chi connectivity index (χ4v) is 3.10. The first-order valence-electron chi connectivity index (χ1n) is 7.54. The van der Waals surface area contributed by atoms with E-state index in [2.05, 4.69) is 0 Å². The molecule has 6 nitrogen and oxygen atoms in total. The molecule has 0 unspecified atom stereocenters. The average molecular weight is 338 g/mol. The number of carbonyl (C=O) groups is 1. The Labute approximate surface area is 140 Å². The van der Waals surface area contributed by atoms with Gasteiger partial charge >= 0.3 is 6.09 Å². The number of non-ortho nitro benzene ring substituents is 1. The van der Waals surface area contributed by atoms with Crippen molar-refractivity contribution in [3.63, 3.8) is 0 Å². The molecule has 0 spiro atoms. The molecule has 1 aliphatic carbocycles. The van der Waals surface area contributed by atoms with Gasteiger partial charge in [0, 0.05) is 29.3 Å². The molecule has 0 heterocycles. The number of nitro groups is 1. The van der Waals surface area contributed by atoms with Gasteiger partial charge in [-0.25, -0.2) is 4.79 Å². The van der Waals surface area contributed by atoms with E-state index in [-0.39, 0.29) is 12.2 Å². The van der Waals surface area contributed by atoms with Gasteiger partial charge in [-0.2, -0.15) is 0 Å². The lowest BCUT2D eigenvalue weighted by Crippen LogP contribution is -2.33. The predicted molar refractivity (Wildman–Crippen MR) is 89.7 cm³/mol. The summed E-state index contributed by atoms with van der Waals surface area (Å²) in [6.45, 7) is 5.70. The molecule has 2 rings (SSSR count). The fraction of sp³-hybridized carbons (Fsp3) is 0.562. The molecule has 1 aliphatic rings. The normalized spacial score (nSPS) is 14.4. The molecule has 0 atom stereocenters. The van der Waals surface area contributed by atoms with Crippen molar-refractivity contribution >= 4 is 23.5 Å². The molecular formula is C16H22N2O4S. The van der Waals surface area contributed by atoms with Gasteiger partial charge in [0.1, 0.15) is 5.60 Å². The van der Waals surface area contributed by atoms with Crippen molar-refractivity contribution in [3.05, 3.63) is 33.9 Å². The van der Waals surface area contributed by atoms with Crippen molar-refractivity contribution in [2.45, 2.75) is 55.9 Å². The van der Waals surface area contributed by atoms with E-state index in [1.165, 1.54) is 23.8 Å². The minimum Gasteiger partial charge on any atom is -0.444 e. The van der Waals surface area contributed by atoms with E-state index in [0.29, 0.717) is 5.25 Å². The summed E-state index contributed by atoms with van der Waals surface area (Å²) in [6, 6.07) is 4.84. The van der Waals surface area contributed by atoms with E-state index in [4.69, 9.17) is 4.74 Å². The van der Waals surface area contributed by atoms with Crippen LogP contribution in [0, 0.1) is 10.1 Å². The summed E-state index contributed by atoms with van der Waals surface area (Å²) in [6.07, 6.45) is 1.90. The second-order valence-corrected chi connectivity index (χ2v) is 8.04. The Hall–Kier alpha value is -1.76. The smallest absolute Gasteiger partial charge is 0.410 e. The third-order valence-corrected chi connectivity index (χ3v) is 4.64. The van der Waals surface area contributed by atoms with Crippen LogP contribution >= 0.6 is 11.8 Å². The van der Waals surface area contributed by atoms with Gasteiger partial charge in [-0.15, -0.1) is 11.8 Å². The first kappa shape index (κ1) is 17.6. The Bertz CT molecular complexity index is 609. The van der Waals surface area contributed by atoms with Crippen LogP contribution < -0.4 is 0 Å². The third kappa shape index (κ3) is 5.42. The lowest BCUT2D eigenvalue weighted by Gasteiger charge is -2.25. The van der Waals surface area contributed by atoms with E-state index in [1.54, 1.807) is 51.7 Å². The summed E-state index contributed by atoms with van der Waals surface area (Å²) < 4.78 is 5.33. The van der Waals surface area contributed by atoms with Gasteiger partial charge in [-0.05, 0) is 45.2 Å². The Morgan fingerprint density at radius 2 is 2.09 bits per heavy atom. The first-order valence-corrected chi connectivity index (χ1v) is 8.42. The van der Waals surface area contributed by atoms with Crippen LogP contribution in [0.25, 0.3) is 0 Å². The van der Waals surface area contributed by atoms with Crippen molar-refractivity contribution < 1.29 is 14.5 Å². The van der Waals surface area contributed by atoms with E-state index in [1.807, 2.05) is 0 Å². The van der Waals surface area contributed by atoms with Gasteiger partial charge in [0.25, 0.3) is 5.69 Å². The lowest BCUT2D eigenvalue weighted by molar-refractivity contribution is -0.385. The first-order chi connectivity index (χ1) is 10.7. The quantitative estimate of drug-likeness (QED) is 0.594. The number of nitrogens with zero attached hydrogens (tertiary/aromatic N) is 2. The van der Waals surface area contributed by atoms with Gasteiger partial charge in [0.05, 0.1) is 11.5 Å². The summed E-state index contributed by atoms with van der Waals surface area (Å²) in [5.41, 5.74) is 0.252. The number of hydrogen-bond donors (Lipinski definition) is 0. The number of ether oxygens (including phenoxy) is 1. The van der Waals surface area contributed by atoms with Crippen LogP contribution in [0.2, 0.25) is 0 Å². The Morgan fingerprint density at radius 3 is 2.61 bits per heavy atom. The van der Waals surface area contributed by atoms with Crippen molar-refractivity contribution in [2.24, 2.45) is 0 Å². The average Bonchev–Trinajstić information content (AvgIpc) is 3.22. The molecule has 0 N–H and O–H groups in total. The molecule has 1 amide bonds. The number of rotatable bonds is 5. The number of thioether (sulfide) groups is 1. The van der Waals surface area contributed by atoms with Crippen molar-refractivity contribution in [1.82, 2.24) is 4.90 Å². The highest BCUT2D eigenvalue weighted by molar-refractivity contribution is 8.00. The zero-order chi connectivity index (χ0) is 17.2. The molecule has 7 heteroatoms. The highest BCUT2D eigenvalue weighted by Crippen LogP contribution is 2.41. The molecule has 0 saturated heterocycles. The standard InChI is InChI=1S/C16H22N2O4S/c1-16(2,3)22-15(19)17(4)10-11-9-12(18(20)21)5-8-14(11)23-13-6-7-13/h5,8-9,13H,6-7,10H2,1-4H3. The van der Waals surface area contributed by atoms with Crippen LogP contribution in [0.4, 0.5) is 10.5 Å². The van der Waals surface area contributed by atoms with Crippen molar-refractivity contribution in [1.29, 1.82) is 0 Å². The van der Waals surface area contributed by atoms with Crippen molar-refractivity contribution in [3.8, 4) is 0 Å². The molecule has 1 aromatic rings. The number of benzene rings is 1. The highest BCUT2D eigenvalue weighted by atomic mass is 32.2. The molecule has 1 fully saturated rings.